The van der Waals surface area contributed by atoms with Crippen LogP contribution in [0.25, 0.3) is 0 Å². The molecule has 19 heavy (non-hydrogen) atoms. The third-order valence-electron chi connectivity index (χ3n) is 2.51. The molecule has 5 nitrogen and oxygen atoms in total. The molecule has 0 radical (unpaired) electrons. The van der Waals surface area contributed by atoms with E-state index < -0.39 is 20.7 Å². The minimum Gasteiger partial charge on any atom is -0.398 e. The Morgan fingerprint density at radius 1 is 1.47 bits per heavy atom. The van der Waals surface area contributed by atoms with Gasteiger partial charge in [0.2, 0.25) is 10.0 Å². The molecule has 0 atom stereocenters. The van der Waals surface area contributed by atoms with Gasteiger partial charge in [-0.25, -0.2) is 22.5 Å². The zero-order valence-electron chi connectivity index (χ0n) is 10.1. The summed E-state index contributed by atoms with van der Waals surface area (Å²) in [6, 6.07) is 2.22. The predicted octanol–water partition coefficient (Wildman–Crippen LogP) is 1.65. The first-order valence-corrected chi connectivity index (χ1v) is 7.70. The molecule has 0 fully saturated rings. The minimum absolute atomic E-state index is 0.0211. The molecular weight excluding hydrogens is 289 g/mol. The maximum atomic E-state index is 13.7. The van der Waals surface area contributed by atoms with E-state index >= 15 is 0 Å². The van der Waals surface area contributed by atoms with Crippen LogP contribution in [0.15, 0.2) is 28.6 Å². The maximum absolute atomic E-state index is 13.7. The van der Waals surface area contributed by atoms with Gasteiger partial charge in [-0.2, -0.15) is 0 Å². The lowest BCUT2D eigenvalue weighted by Crippen LogP contribution is -2.24. The average Bonchev–Trinajstić information content (AvgIpc) is 2.84. The van der Waals surface area contributed by atoms with Crippen molar-refractivity contribution in [3.8, 4) is 0 Å². The highest BCUT2D eigenvalue weighted by Crippen LogP contribution is 2.21. The fourth-order valence-electron chi connectivity index (χ4n) is 1.45. The van der Waals surface area contributed by atoms with Crippen LogP contribution in [0.1, 0.15) is 10.6 Å². The van der Waals surface area contributed by atoms with Crippen molar-refractivity contribution in [1.29, 1.82) is 0 Å². The van der Waals surface area contributed by atoms with Crippen LogP contribution in [0.2, 0.25) is 0 Å². The summed E-state index contributed by atoms with van der Waals surface area (Å²) < 4.78 is 40.0. The summed E-state index contributed by atoms with van der Waals surface area (Å²) in [7, 11) is -3.94. The lowest BCUT2D eigenvalue weighted by molar-refractivity contribution is 0.556. The fourth-order valence-corrected chi connectivity index (χ4v) is 3.18. The summed E-state index contributed by atoms with van der Waals surface area (Å²) >= 11 is 1.31. The molecule has 8 heteroatoms. The second kappa shape index (κ2) is 5.24. The molecule has 0 aliphatic heterocycles. The fraction of sp³-hybridized carbons (Fsp3) is 0.182. The molecular formula is C11H12FN3O2S2. The van der Waals surface area contributed by atoms with Crippen LogP contribution in [-0.2, 0) is 16.6 Å². The molecule has 102 valence electrons. The second-order valence-electron chi connectivity index (χ2n) is 3.89. The van der Waals surface area contributed by atoms with E-state index in [1.54, 1.807) is 18.5 Å². The SMILES string of the molecule is Cc1cc(F)c(S(=O)(=O)NCc2nccs2)cc1N. The summed E-state index contributed by atoms with van der Waals surface area (Å²) in [6.45, 7) is 1.63. The Morgan fingerprint density at radius 3 is 2.84 bits per heavy atom. The first-order chi connectivity index (χ1) is 8.90. The molecule has 0 aliphatic carbocycles. The summed E-state index contributed by atoms with van der Waals surface area (Å²) in [5.41, 5.74) is 6.34. The Labute approximate surface area is 114 Å². The summed E-state index contributed by atoms with van der Waals surface area (Å²) in [6.07, 6.45) is 1.57. The monoisotopic (exact) mass is 301 g/mol. The molecule has 2 aromatic rings. The summed E-state index contributed by atoms with van der Waals surface area (Å²) in [5, 5.41) is 2.33. The number of nitrogen functional groups attached to an aromatic ring is 1. The quantitative estimate of drug-likeness (QED) is 0.841. The highest BCUT2D eigenvalue weighted by Gasteiger charge is 2.20. The van der Waals surface area contributed by atoms with Gasteiger partial charge in [0.05, 0.1) is 6.54 Å². The van der Waals surface area contributed by atoms with E-state index in [1.807, 2.05) is 0 Å². The molecule has 1 aromatic heterocycles. The predicted molar refractivity (Wildman–Crippen MR) is 71.7 cm³/mol. The Morgan fingerprint density at radius 2 is 2.21 bits per heavy atom. The van der Waals surface area contributed by atoms with Gasteiger partial charge >= 0.3 is 0 Å². The number of aryl methyl sites for hydroxylation is 1. The van der Waals surface area contributed by atoms with Crippen molar-refractivity contribution in [2.24, 2.45) is 0 Å². The number of aromatic nitrogens is 1. The zero-order chi connectivity index (χ0) is 14.0. The van der Waals surface area contributed by atoms with Crippen molar-refractivity contribution >= 4 is 27.0 Å². The number of halogens is 1. The van der Waals surface area contributed by atoms with Crippen LogP contribution in [0, 0.1) is 12.7 Å². The third-order valence-corrected chi connectivity index (χ3v) is 4.70. The number of nitrogens with one attached hydrogen (secondary N) is 1. The van der Waals surface area contributed by atoms with Gasteiger partial charge in [0.25, 0.3) is 0 Å². The summed E-state index contributed by atoms with van der Waals surface area (Å²) in [5.74, 6) is -0.821. The van der Waals surface area contributed by atoms with Gasteiger partial charge in [-0.05, 0) is 24.6 Å². The van der Waals surface area contributed by atoms with Crippen molar-refractivity contribution in [3.63, 3.8) is 0 Å². The van der Waals surface area contributed by atoms with Crippen LogP contribution in [0.3, 0.4) is 0 Å². The van der Waals surface area contributed by atoms with Crippen molar-refractivity contribution < 1.29 is 12.8 Å². The Bertz CT molecular complexity index is 684. The number of nitrogens with two attached hydrogens (primary N) is 1. The number of benzene rings is 1. The lowest BCUT2D eigenvalue weighted by atomic mass is 10.2. The van der Waals surface area contributed by atoms with Crippen LogP contribution in [-0.4, -0.2) is 13.4 Å². The number of nitrogens with zero attached hydrogens (tertiary/aromatic N) is 1. The highest BCUT2D eigenvalue weighted by molar-refractivity contribution is 7.89. The van der Waals surface area contributed by atoms with E-state index in [2.05, 4.69) is 9.71 Å². The van der Waals surface area contributed by atoms with Gasteiger partial charge in [0.1, 0.15) is 15.7 Å². The average molecular weight is 301 g/mol. The van der Waals surface area contributed by atoms with E-state index in [1.165, 1.54) is 11.3 Å². The topological polar surface area (TPSA) is 85.1 Å². The molecule has 1 aromatic carbocycles. The third kappa shape index (κ3) is 3.09. The maximum Gasteiger partial charge on any atom is 0.243 e. The molecule has 0 aliphatic rings. The zero-order valence-corrected chi connectivity index (χ0v) is 11.7. The number of hydrogen-bond acceptors (Lipinski definition) is 5. The van der Waals surface area contributed by atoms with Crippen molar-refractivity contribution in [1.82, 2.24) is 9.71 Å². The van der Waals surface area contributed by atoms with Gasteiger partial charge in [-0.3, -0.25) is 0 Å². The number of rotatable bonds is 4. The standard InChI is InChI=1S/C11H12FN3O2S2/c1-7-4-8(12)10(5-9(7)13)19(16,17)15-6-11-14-2-3-18-11/h2-5,15H,6,13H2,1H3. The van der Waals surface area contributed by atoms with E-state index in [0.29, 0.717) is 10.6 Å². The smallest absolute Gasteiger partial charge is 0.243 e. The molecule has 3 N–H and O–H groups in total. The Balaban J connectivity index is 2.27. The lowest BCUT2D eigenvalue weighted by Gasteiger charge is -2.09. The van der Waals surface area contributed by atoms with Crippen LogP contribution < -0.4 is 10.5 Å². The highest BCUT2D eigenvalue weighted by atomic mass is 32.2. The first kappa shape index (κ1) is 13.9. The van der Waals surface area contributed by atoms with Gasteiger partial charge in [-0.1, -0.05) is 0 Å². The summed E-state index contributed by atoms with van der Waals surface area (Å²) in [4.78, 5) is 3.49. The molecule has 0 saturated carbocycles. The van der Waals surface area contributed by atoms with Crippen LogP contribution in [0.5, 0.6) is 0 Å². The van der Waals surface area contributed by atoms with E-state index in [4.69, 9.17) is 5.73 Å². The van der Waals surface area contributed by atoms with Gasteiger partial charge < -0.3 is 5.73 Å². The second-order valence-corrected chi connectivity index (χ2v) is 6.60. The number of thiazole rings is 1. The molecule has 2 rings (SSSR count). The van der Waals surface area contributed by atoms with Gasteiger partial charge in [0, 0.05) is 17.3 Å². The van der Waals surface area contributed by atoms with E-state index in [-0.39, 0.29) is 12.2 Å². The number of hydrogen-bond donors (Lipinski definition) is 2. The molecule has 0 unspecified atom stereocenters. The molecule has 0 saturated heterocycles. The van der Waals surface area contributed by atoms with Crippen LogP contribution in [0.4, 0.5) is 10.1 Å². The van der Waals surface area contributed by atoms with E-state index in [9.17, 15) is 12.8 Å². The molecule has 0 spiro atoms. The normalized spacial score (nSPS) is 11.7. The van der Waals surface area contributed by atoms with E-state index in [0.717, 1.165) is 12.1 Å². The van der Waals surface area contributed by atoms with Crippen LogP contribution >= 0.6 is 11.3 Å². The van der Waals surface area contributed by atoms with Crippen molar-refractivity contribution in [3.05, 3.63) is 40.1 Å². The first-order valence-electron chi connectivity index (χ1n) is 5.34. The molecule has 1 heterocycles. The molecule has 0 amide bonds. The van der Waals surface area contributed by atoms with Crippen molar-refractivity contribution in [2.75, 3.05) is 5.73 Å². The number of anilines is 1. The van der Waals surface area contributed by atoms with Gasteiger partial charge in [0.15, 0.2) is 0 Å². The minimum atomic E-state index is -3.94. The largest absolute Gasteiger partial charge is 0.398 e. The van der Waals surface area contributed by atoms with Crippen molar-refractivity contribution in [2.45, 2.75) is 18.4 Å². The van der Waals surface area contributed by atoms with Gasteiger partial charge in [-0.15, -0.1) is 11.3 Å². The number of sulfonamides is 1. The molecule has 0 bridgehead atoms. The Kier molecular flexibility index (Phi) is 3.83. The Hall–Kier alpha value is -1.51.